The Kier molecular flexibility index (Phi) is 6.75. The number of benzene rings is 1. The summed E-state index contributed by atoms with van der Waals surface area (Å²) in [5.74, 6) is -0.159. The van der Waals surface area contributed by atoms with Gasteiger partial charge in [-0.3, -0.25) is 9.78 Å². The Morgan fingerprint density at radius 3 is 2.79 bits per heavy atom. The minimum absolute atomic E-state index is 0.159. The number of nitrogens with one attached hydrogen (secondary N) is 2. The van der Waals surface area contributed by atoms with E-state index in [0.29, 0.717) is 12.2 Å². The molecule has 0 aliphatic rings. The number of hydrogen-bond donors (Lipinski definition) is 2. The van der Waals surface area contributed by atoms with Gasteiger partial charge in [-0.1, -0.05) is 29.8 Å². The Morgan fingerprint density at radius 1 is 1.21 bits per heavy atom. The Balaban J connectivity index is 1.86. The lowest BCUT2D eigenvalue weighted by Gasteiger charge is -2.11. The van der Waals surface area contributed by atoms with Crippen molar-refractivity contribution in [2.75, 3.05) is 32.5 Å². The maximum absolute atomic E-state index is 12.3. The van der Waals surface area contributed by atoms with E-state index in [-0.39, 0.29) is 5.91 Å². The Bertz CT molecular complexity index is 670. The summed E-state index contributed by atoms with van der Waals surface area (Å²) in [6.07, 6.45) is 2.71. The SMILES string of the molecule is Cc1cccc(CNC(=O)c2cc(NCCCN(C)C)ccn2)c1. The number of anilines is 1. The van der Waals surface area contributed by atoms with Gasteiger partial charge in [-0.15, -0.1) is 0 Å². The summed E-state index contributed by atoms with van der Waals surface area (Å²) in [6.45, 7) is 4.44. The second-order valence-corrected chi connectivity index (χ2v) is 6.19. The van der Waals surface area contributed by atoms with Crippen molar-refractivity contribution < 1.29 is 4.79 Å². The quantitative estimate of drug-likeness (QED) is 0.732. The lowest BCUT2D eigenvalue weighted by atomic mass is 10.1. The molecule has 128 valence electrons. The van der Waals surface area contributed by atoms with E-state index in [1.807, 2.05) is 31.2 Å². The number of carbonyl (C=O) groups is 1. The molecule has 5 heteroatoms. The number of aryl methyl sites for hydroxylation is 1. The van der Waals surface area contributed by atoms with E-state index in [1.54, 1.807) is 12.3 Å². The van der Waals surface area contributed by atoms with E-state index in [2.05, 4.69) is 40.7 Å². The Labute approximate surface area is 144 Å². The molecule has 0 bridgehead atoms. The van der Waals surface area contributed by atoms with Gasteiger partial charge in [0, 0.05) is 25.0 Å². The molecule has 2 rings (SSSR count). The lowest BCUT2D eigenvalue weighted by Crippen LogP contribution is -2.24. The van der Waals surface area contributed by atoms with Crippen molar-refractivity contribution in [3.8, 4) is 0 Å². The highest BCUT2D eigenvalue weighted by atomic mass is 16.1. The lowest BCUT2D eigenvalue weighted by molar-refractivity contribution is 0.0946. The van der Waals surface area contributed by atoms with Gasteiger partial charge in [0.2, 0.25) is 0 Å². The fourth-order valence-corrected chi connectivity index (χ4v) is 2.39. The van der Waals surface area contributed by atoms with Gasteiger partial charge in [-0.2, -0.15) is 0 Å². The largest absolute Gasteiger partial charge is 0.385 e. The van der Waals surface area contributed by atoms with Gasteiger partial charge in [0.15, 0.2) is 0 Å². The zero-order chi connectivity index (χ0) is 17.4. The number of amides is 1. The molecule has 0 saturated carbocycles. The molecule has 0 fully saturated rings. The van der Waals surface area contributed by atoms with Crippen LogP contribution in [0.4, 0.5) is 5.69 Å². The summed E-state index contributed by atoms with van der Waals surface area (Å²) < 4.78 is 0. The molecule has 0 spiro atoms. The van der Waals surface area contributed by atoms with E-state index in [1.165, 1.54) is 5.56 Å². The summed E-state index contributed by atoms with van der Waals surface area (Å²) in [4.78, 5) is 18.6. The topological polar surface area (TPSA) is 57.3 Å². The summed E-state index contributed by atoms with van der Waals surface area (Å²) in [5.41, 5.74) is 3.62. The molecule has 2 N–H and O–H groups in total. The fraction of sp³-hybridized carbons (Fsp3) is 0.368. The van der Waals surface area contributed by atoms with Crippen molar-refractivity contribution in [3.63, 3.8) is 0 Å². The molecule has 0 unspecified atom stereocenters. The average Bonchev–Trinajstić information content (AvgIpc) is 2.57. The van der Waals surface area contributed by atoms with Crippen molar-refractivity contribution in [3.05, 3.63) is 59.4 Å². The summed E-state index contributed by atoms with van der Waals surface area (Å²) in [7, 11) is 4.12. The van der Waals surface area contributed by atoms with Crippen molar-refractivity contribution >= 4 is 11.6 Å². The number of pyridine rings is 1. The molecular formula is C19H26N4O. The third kappa shape index (κ3) is 6.01. The highest BCUT2D eigenvalue weighted by molar-refractivity contribution is 5.93. The fourth-order valence-electron chi connectivity index (χ4n) is 2.39. The van der Waals surface area contributed by atoms with Gasteiger partial charge < -0.3 is 15.5 Å². The van der Waals surface area contributed by atoms with Crippen molar-refractivity contribution in [1.82, 2.24) is 15.2 Å². The Hall–Kier alpha value is -2.40. The van der Waals surface area contributed by atoms with Crippen LogP contribution in [-0.2, 0) is 6.54 Å². The van der Waals surface area contributed by atoms with Crippen LogP contribution in [0, 0.1) is 6.92 Å². The molecule has 1 heterocycles. The van der Waals surface area contributed by atoms with Gasteiger partial charge in [0.05, 0.1) is 0 Å². The minimum Gasteiger partial charge on any atom is -0.385 e. The van der Waals surface area contributed by atoms with Crippen LogP contribution in [0.3, 0.4) is 0 Å². The molecule has 24 heavy (non-hydrogen) atoms. The van der Waals surface area contributed by atoms with E-state index in [9.17, 15) is 4.79 Å². The predicted octanol–water partition coefficient (Wildman–Crippen LogP) is 2.68. The molecule has 1 aromatic heterocycles. The molecule has 2 aromatic rings. The van der Waals surface area contributed by atoms with Crippen LogP contribution in [0.2, 0.25) is 0 Å². The third-order valence-electron chi connectivity index (χ3n) is 3.64. The standard InChI is InChI=1S/C19H26N4O/c1-15-6-4-7-16(12-15)14-22-19(24)18-13-17(8-10-21-18)20-9-5-11-23(2)3/h4,6-8,10,12-13H,5,9,11,14H2,1-3H3,(H,20,21)(H,22,24). The highest BCUT2D eigenvalue weighted by Gasteiger charge is 2.07. The molecule has 1 aromatic carbocycles. The van der Waals surface area contributed by atoms with Gasteiger partial charge in [-0.25, -0.2) is 0 Å². The third-order valence-corrected chi connectivity index (χ3v) is 3.64. The normalized spacial score (nSPS) is 10.7. The molecule has 0 atom stereocenters. The van der Waals surface area contributed by atoms with E-state index >= 15 is 0 Å². The predicted molar refractivity (Wildman–Crippen MR) is 98.2 cm³/mol. The van der Waals surface area contributed by atoms with Crippen molar-refractivity contribution in [1.29, 1.82) is 0 Å². The minimum atomic E-state index is -0.159. The zero-order valence-corrected chi connectivity index (χ0v) is 14.7. The molecule has 0 aliphatic carbocycles. The van der Waals surface area contributed by atoms with Crippen LogP contribution in [0.25, 0.3) is 0 Å². The van der Waals surface area contributed by atoms with E-state index in [4.69, 9.17) is 0 Å². The van der Waals surface area contributed by atoms with Gasteiger partial charge in [0.25, 0.3) is 5.91 Å². The molecular weight excluding hydrogens is 300 g/mol. The van der Waals surface area contributed by atoms with E-state index in [0.717, 1.165) is 30.8 Å². The number of aromatic nitrogens is 1. The van der Waals surface area contributed by atoms with Gasteiger partial charge in [0.1, 0.15) is 5.69 Å². The number of nitrogens with zero attached hydrogens (tertiary/aromatic N) is 2. The first-order valence-corrected chi connectivity index (χ1v) is 8.23. The van der Waals surface area contributed by atoms with Gasteiger partial charge >= 0.3 is 0 Å². The number of carbonyl (C=O) groups excluding carboxylic acids is 1. The molecule has 0 radical (unpaired) electrons. The first kappa shape index (κ1) is 17.9. The van der Waals surface area contributed by atoms with Crippen LogP contribution in [-0.4, -0.2) is 43.0 Å². The average molecular weight is 326 g/mol. The number of rotatable bonds is 8. The number of hydrogen-bond acceptors (Lipinski definition) is 4. The first-order chi connectivity index (χ1) is 11.5. The monoisotopic (exact) mass is 326 g/mol. The van der Waals surface area contributed by atoms with Crippen molar-refractivity contribution in [2.24, 2.45) is 0 Å². The van der Waals surface area contributed by atoms with Crippen LogP contribution in [0.1, 0.15) is 28.0 Å². The van der Waals surface area contributed by atoms with Crippen LogP contribution < -0.4 is 10.6 Å². The van der Waals surface area contributed by atoms with Crippen LogP contribution in [0.5, 0.6) is 0 Å². The van der Waals surface area contributed by atoms with Crippen molar-refractivity contribution in [2.45, 2.75) is 19.9 Å². The van der Waals surface area contributed by atoms with Crippen LogP contribution >= 0.6 is 0 Å². The first-order valence-electron chi connectivity index (χ1n) is 8.23. The Morgan fingerprint density at radius 2 is 2.04 bits per heavy atom. The maximum Gasteiger partial charge on any atom is 0.270 e. The molecule has 0 saturated heterocycles. The second-order valence-electron chi connectivity index (χ2n) is 6.19. The highest BCUT2D eigenvalue weighted by Crippen LogP contribution is 2.09. The summed E-state index contributed by atoms with van der Waals surface area (Å²) >= 11 is 0. The van der Waals surface area contributed by atoms with Crippen LogP contribution in [0.15, 0.2) is 42.6 Å². The van der Waals surface area contributed by atoms with Gasteiger partial charge in [-0.05, 0) is 51.7 Å². The molecule has 0 aliphatic heterocycles. The summed E-state index contributed by atoms with van der Waals surface area (Å²) in [5, 5.41) is 6.25. The molecule has 5 nitrogen and oxygen atoms in total. The second kappa shape index (κ2) is 9.03. The summed E-state index contributed by atoms with van der Waals surface area (Å²) in [6, 6.07) is 11.8. The maximum atomic E-state index is 12.3. The van der Waals surface area contributed by atoms with E-state index < -0.39 is 0 Å². The zero-order valence-electron chi connectivity index (χ0n) is 14.7. The molecule has 1 amide bonds. The smallest absolute Gasteiger partial charge is 0.270 e.